The minimum atomic E-state index is -1.29. The van der Waals surface area contributed by atoms with Crippen LogP contribution < -0.4 is 5.32 Å². The molecule has 0 spiro atoms. The summed E-state index contributed by atoms with van der Waals surface area (Å²) in [4.78, 5) is 21.1. The first kappa shape index (κ1) is 8.96. The molecule has 5 heteroatoms. The Balaban J connectivity index is 2.48. The topological polar surface area (TPSA) is 55.4 Å². The summed E-state index contributed by atoms with van der Waals surface area (Å²) in [6, 6.07) is 0. The number of nitrogens with one attached hydrogen (secondary N) is 1. The quantitative estimate of drug-likeness (QED) is 0.474. The largest absolute Gasteiger partial charge is 0.441 e. The maximum absolute atomic E-state index is 12.6. The number of rotatable bonds is 2. The van der Waals surface area contributed by atoms with Gasteiger partial charge in [0.15, 0.2) is 6.23 Å². The molecule has 1 N–H and O–H groups in total. The second-order valence-corrected chi connectivity index (χ2v) is 2.74. The molecule has 1 heterocycles. The van der Waals surface area contributed by atoms with E-state index in [1.807, 2.05) is 0 Å². The van der Waals surface area contributed by atoms with Crippen molar-refractivity contribution < 1.29 is 18.7 Å². The van der Waals surface area contributed by atoms with Crippen LogP contribution in [0.2, 0.25) is 0 Å². The van der Waals surface area contributed by atoms with E-state index in [2.05, 4.69) is 10.1 Å². The molecule has 1 amide bonds. The third-order valence-corrected chi connectivity index (χ3v) is 1.70. The Kier molecular flexibility index (Phi) is 2.30. The van der Waals surface area contributed by atoms with Crippen LogP contribution in [0.3, 0.4) is 0 Å². The van der Waals surface area contributed by atoms with Crippen molar-refractivity contribution in [3.8, 4) is 0 Å². The van der Waals surface area contributed by atoms with E-state index >= 15 is 0 Å². The fourth-order valence-electron chi connectivity index (χ4n) is 1.10. The van der Waals surface area contributed by atoms with Crippen molar-refractivity contribution in [3.05, 3.63) is 0 Å². The molecular formula is C7H10FNO3. The molecule has 0 saturated carbocycles. The molecule has 1 saturated heterocycles. The molecule has 0 bridgehead atoms. The monoisotopic (exact) mass is 175 g/mol. The maximum Gasteiger partial charge on any atom is 0.304 e. The molecule has 0 radical (unpaired) electrons. The molecule has 1 fully saturated rings. The number of esters is 1. The van der Waals surface area contributed by atoms with Gasteiger partial charge < -0.3 is 10.1 Å². The van der Waals surface area contributed by atoms with Gasteiger partial charge in [-0.2, -0.15) is 0 Å². The Labute approximate surface area is 69.1 Å². The van der Waals surface area contributed by atoms with Crippen LogP contribution in [0.25, 0.3) is 0 Å². The number of ether oxygens (including phenoxy) is 1. The SMILES string of the molecule is CC(=O)O[C@@H]1NC(=O)[C@@H]1[C@@H](C)F. The average molecular weight is 175 g/mol. The van der Waals surface area contributed by atoms with E-state index in [1.165, 1.54) is 13.8 Å². The van der Waals surface area contributed by atoms with Gasteiger partial charge in [0.25, 0.3) is 0 Å². The third-order valence-electron chi connectivity index (χ3n) is 1.70. The van der Waals surface area contributed by atoms with Gasteiger partial charge in [0.1, 0.15) is 12.1 Å². The van der Waals surface area contributed by atoms with Crippen LogP contribution in [0.5, 0.6) is 0 Å². The van der Waals surface area contributed by atoms with Crippen molar-refractivity contribution in [2.45, 2.75) is 26.2 Å². The summed E-state index contributed by atoms with van der Waals surface area (Å²) in [6.07, 6.45) is -2.07. The number of carbonyl (C=O) groups excluding carboxylic acids is 2. The zero-order valence-corrected chi connectivity index (χ0v) is 6.83. The molecule has 1 aliphatic heterocycles. The van der Waals surface area contributed by atoms with Gasteiger partial charge in [-0.1, -0.05) is 0 Å². The molecule has 0 aromatic carbocycles. The highest BCUT2D eigenvalue weighted by atomic mass is 19.1. The highest BCUT2D eigenvalue weighted by Crippen LogP contribution is 2.22. The standard InChI is InChI=1S/C7H10FNO3/c1-3(8)5-6(11)9-7(5)12-4(2)10/h3,5,7H,1-2H3,(H,9,11)/t3-,5+,7+/m1/s1. The number of halogens is 1. The highest BCUT2D eigenvalue weighted by Gasteiger charge is 2.45. The number of amides is 1. The first-order chi connectivity index (χ1) is 5.52. The van der Waals surface area contributed by atoms with Crippen molar-refractivity contribution in [1.82, 2.24) is 5.32 Å². The van der Waals surface area contributed by atoms with Crippen LogP contribution in [-0.4, -0.2) is 24.3 Å². The molecular weight excluding hydrogens is 165 g/mol. The van der Waals surface area contributed by atoms with Crippen LogP contribution in [0.15, 0.2) is 0 Å². The zero-order chi connectivity index (χ0) is 9.30. The van der Waals surface area contributed by atoms with E-state index in [1.54, 1.807) is 0 Å². The molecule has 1 aliphatic rings. The van der Waals surface area contributed by atoms with Gasteiger partial charge in [-0.05, 0) is 6.92 Å². The lowest BCUT2D eigenvalue weighted by molar-refractivity contribution is -0.170. The van der Waals surface area contributed by atoms with Gasteiger partial charge in [-0.3, -0.25) is 9.59 Å². The van der Waals surface area contributed by atoms with Gasteiger partial charge in [0, 0.05) is 6.92 Å². The Morgan fingerprint density at radius 1 is 1.75 bits per heavy atom. The van der Waals surface area contributed by atoms with Crippen LogP contribution >= 0.6 is 0 Å². The predicted molar refractivity (Wildman–Crippen MR) is 37.8 cm³/mol. The van der Waals surface area contributed by atoms with Gasteiger partial charge in [-0.15, -0.1) is 0 Å². The van der Waals surface area contributed by atoms with Gasteiger partial charge in [0.2, 0.25) is 5.91 Å². The summed E-state index contributed by atoms with van der Waals surface area (Å²) in [6.45, 7) is 2.48. The van der Waals surface area contributed by atoms with E-state index in [9.17, 15) is 14.0 Å². The van der Waals surface area contributed by atoms with E-state index < -0.39 is 30.2 Å². The van der Waals surface area contributed by atoms with Gasteiger partial charge >= 0.3 is 5.97 Å². The van der Waals surface area contributed by atoms with Crippen LogP contribution in [0.1, 0.15) is 13.8 Å². The maximum atomic E-state index is 12.6. The second-order valence-electron chi connectivity index (χ2n) is 2.74. The number of hydrogen-bond acceptors (Lipinski definition) is 3. The molecule has 0 aromatic rings. The highest BCUT2D eigenvalue weighted by molar-refractivity contribution is 5.86. The van der Waals surface area contributed by atoms with Crippen LogP contribution in [-0.2, 0) is 14.3 Å². The van der Waals surface area contributed by atoms with Crippen molar-refractivity contribution >= 4 is 11.9 Å². The summed E-state index contributed by atoms with van der Waals surface area (Å²) in [5.41, 5.74) is 0. The molecule has 0 aliphatic carbocycles. The smallest absolute Gasteiger partial charge is 0.304 e. The molecule has 0 aromatic heterocycles. The average Bonchev–Trinajstić information content (AvgIpc) is 1.82. The predicted octanol–water partition coefficient (Wildman–Crippen LogP) is -0.0204. The minimum absolute atomic E-state index is 0.406. The summed E-state index contributed by atoms with van der Waals surface area (Å²) in [7, 11) is 0. The fourth-order valence-corrected chi connectivity index (χ4v) is 1.10. The molecule has 0 unspecified atom stereocenters. The lowest BCUT2D eigenvalue weighted by Crippen LogP contribution is -2.62. The fraction of sp³-hybridized carbons (Fsp3) is 0.714. The first-order valence-electron chi connectivity index (χ1n) is 3.64. The summed E-state index contributed by atoms with van der Waals surface area (Å²) < 4.78 is 17.3. The summed E-state index contributed by atoms with van der Waals surface area (Å²) in [5.74, 6) is -1.77. The van der Waals surface area contributed by atoms with Crippen molar-refractivity contribution in [1.29, 1.82) is 0 Å². The number of hydrogen-bond donors (Lipinski definition) is 1. The van der Waals surface area contributed by atoms with Crippen LogP contribution in [0, 0.1) is 5.92 Å². The Morgan fingerprint density at radius 2 is 2.33 bits per heavy atom. The minimum Gasteiger partial charge on any atom is -0.441 e. The molecule has 3 atom stereocenters. The van der Waals surface area contributed by atoms with Crippen molar-refractivity contribution in [3.63, 3.8) is 0 Å². The molecule has 12 heavy (non-hydrogen) atoms. The Hall–Kier alpha value is -1.13. The summed E-state index contributed by atoms with van der Waals surface area (Å²) in [5, 5.41) is 2.28. The van der Waals surface area contributed by atoms with E-state index in [0.717, 1.165) is 0 Å². The van der Waals surface area contributed by atoms with Gasteiger partial charge in [0.05, 0.1) is 0 Å². The summed E-state index contributed by atoms with van der Waals surface area (Å²) >= 11 is 0. The van der Waals surface area contributed by atoms with E-state index in [4.69, 9.17) is 0 Å². The first-order valence-corrected chi connectivity index (χ1v) is 3.64. The lowest BCUT2D eigenvalue weighted by atomic mass is 9.94. The zero-order valence-electron chi connectivity index (χ0n) is 6.83. The van der Waals surface area contributed by atoms with Crippen molar-refractivity contribution in [2.75, 3.05) is 0 Å². The Bertz CT molecular complexity index is 217. The normalized spacial score (nSPS) is 30.1. The third kappa shape index (κ3) is 1.54. The second kappa shape index (κ2) is 3.08. The molecule has 4 nitrogen and oxygen atoms in total. The number of β-lactam (4-membered cyclic amide) rings is 1. The lowest BCUT2D eigenvalue weighted by Gasteiger charge is -2.36. The van der Waals surface area contributed by atoms with Gasteiger partial charge in [-0.25, -0.2) is 4.39 Å². The molecule has 68 valence electrons. The number of alkyl halides is 1. The van der Waals surface area contributed by atoms with E-state index in [-0.39, 0.29) is 0 Å². The number of carbonyl (C=O) groups is 2. The van der Waals surface area contributed by atoms with Crippen molar-refractivity contribution in [2.24, 2.45) is 5.92 Å². The molecule has 1 rings (SSSR count). The van der Waals surface area contributed by atoms with Crippen LogP contribution in [0.4, 0.5) is 4.39 Å². The van der Waals surface area contributed by atoms with E-state index in [0.29, 0.717) is 0 Å². The Morgan fingerprint density at radius 3 is 2.67 bits per heavy atom.